The summed E-state index contributed by atoms with van der Waals surface area (Å²) in [5.41, 5.74) is 7.87. The highest BCUT2D eigenvalue weighted by molar-refractivity contribution is 14.1. The zero-order chi connectivity index (χ0) is 15.3. The lowest BCUT2D eigenvalue weighted by Crippen LogP contribution is -2.53. The Labute approximate surface area is 138 Å². The molecule has 0 bridgehead atoms. The third kappa shape index (κ3) is 2.29. The van der Waals surface area contributed by atoms with Crippen molar-refractivity contribution in [2.75, 3.05) is 17.4 Å². The quantitative estimate of drug-likeness (QED) is 0.507. The van der Waals surface area contributed by atoms with Crippen molar-refractivity contribution >= 4 is 34.1 Å². The van der Waals surface area contributed by atoms with Crippen LogP contribution in [0.15, 0.2) is 18.3 Å². The molecule has 1 unspecified atom stereocenters. The number of rotatable bonds is 2. The first-order chi connectivity index (χ1) is 10.5. The van der Waals surface area contributed by atoms with E-state index in [1.165, 1.54) is 6.20 Å². The van der Waals surface area contributed by atoms with E-state index in [-0.39, 0.29) is 6.79 Å². The maximum absolute atomic E-state index is 13.1. The van der Waals surface area contributed by atoms with E-state index in [1.54, 1.807) is 0 Å². The normalized spacial score (nSPS) is 21.2. The molecular weight excluding hydrogens is 404 g/mol. The van der Waals surface area contributed by atoms with Gasteiger partial charge < -0.3 is 20.1 Å². The van der Waals surface area contributed by atoms with Crippen LogP contribution in [0.5, 0.6) is 11.5 Å². The summed E-state index contributed by atoms with van der Waals surface area (Å²) in [7, 11) is 0. The van der Waals surface area contributed by atoms with Crippen LogP contribution in [-0.2, 0) is 6.42 Å². The largest absolute Gasteiger partial charge is 0.454 e. The number of hydrogen-bond donors (Lipinski definition) is 3. The number of hydrogen-bond acceptors (Lipinski definition) is 7. The summed E-state index contributed by atoms with van der Waals surface area (Å²) < 4.78 is 24.8. The molecule has 1 aromatic heterocycles. The van der Waals surface area contributed by atoms with Crippen LogP contribution in [0.2, 0.25) is 0 Å². The van der Waals surface area contributed by atoms with Crippen molar-refractivity contribution in [2.24, 2.45) is 5.73 Å². The second-order valence-corrected chi connectivity index (χ2v) is 6.26. The summed E-state index contributed by atoms with van der Waals surface area (Å²) in [5.74, 6) is 0.798. The van der Waals surface area contributed by atoms with Gasteiger partial charge in [0.1, 0.15) is 0 Å². The van der Waals surface area contributed by atoms with Crippen molar-refractivity contribution in [1.82, 2.24) is 9.97 Å². The smallest absolute Gasteiger partial charge is 0.310 e. The van der Waals surface area contributed by atoms with Crippen molar-refractivity contribution in [2.45, 2.75) is 12.2 Å². The van der Waals surface area contributed by atoms with Crippen molar-refractivity contribution in [1.29, 1.82) is 0 Å². The second-order valence-electron chi connectivity index (χ2n) is 5.10. The Morgan fingerprint density at radius 3 is 2.91 bits per heavy atom. The Bertz CT molecular complexity index is 774. The standard InChI is InChI=1S/C13H11FIN5O2/c14-12-17-4-8-11(18-12)20-13(16,19-8)3-6-1-9-10(2-7(6)15)22-5-21-9/h1-2,4,19H,3,5,16H2,(H,17,18,20). The third-order valence-corrected chi connectivity index (χ3v) is 4.47. The number of aromatic nitrogens is 2. The van der Waals surface area contributed by atoms with Gasteiger partial charge in [0.15, 0.2) is 23.1 Å². The zero-order valence-corrected chi connectivity index (χ0v) is 13.3. The summed E-state index contributed by atoms with van der Waals surface area (Å²) in [6.07, 6.45) is 1.01. The van der Waals surface area contributed by atoms with Gasteiger partial charge >= 0.3 is 6.08 Å². The maximum atomic E-state index is 13.1. The summed E-state index contributed by atoms with van der Waals surface area (Å²) in [4.78, 5) is 7.21. The molecule has 0 saturated heterocycles. The van der Waals surface area contributed by atoms with Gasteiger partial charge in [0.25, 0.3) is 0 Å². The number of fused-ring (bicyclic) bond motifs is 2. The molecule has 0 fully saturated rings. The first kappa shape index (κ1) is 13.8. The van der Waals surface area contributed by atoms with Gasteiger partial charge in [-0.05, 0) is 40.3 Å². The van der Waals surface area contributed by atoms with Crippen molar-refractivity contribution in [3.8, 4) is 11.5 Å². The van der Waals surface area contributed by atoms with Crippen LogP contribution in [0, 0.1) is 9.65 Å². The number of anilines is 2. The molecule has 7 nitrogen and oxygen atoms in total. The number of nitrogens with one attached hydrogen (secondary N) is 2. The molecule has 2 aliphatic heterocycles. The lowest BCUT2D eigenvalue weighted by molar-refractivity contribution is 0.174. The van der Waals surface area contributed by atoms with E-state index in [2.05, 4.69) is 43.2 Å². The van der Waals surface area contributed by atoms with Crippen molar-refractivity contribution < 1.29 is 13.9 Å². The molecule has 0 radical (unpaired) electrons. The minimum atomic E-state index is -0.974. The highest BCUT2D eigenvalue weighted by Gasteiger charge is 2.35. The summed E-state index contributed by atoms with van der Waals surface area (Å²) in [6, 6.07) is 3.81. The first-order valence-electron chi connectivity index (χ1n) is 6.48. The molecule has 3 heterocycles. The third-order valence-electron chi connectivity index (χ3n) is 3.47. The predicted molar refractivity (Wildman–Crippen MR) is 85.1 cm³/mol. The van der Waals surface area contributed by atoms with Crippen molar-refractivity contribution in [3.63, 3.8) is 0 Å². The molecular formula is C13H11FIN5O2. The fourth-order valence-corrected chi connectivity index (χ4v) is 3.14. The SMILES string of the molecule is NC1(Cc2cc3c(cc2I)OCO3)Nc2cnc(F)nc2N1. The first-order valence-corrected chi connectivity index (χ1v) is 7.56. The predicted octanol–water partition coefficient (Wildman–Crippen LogP) is 1.64. The van der Waals surface area contributed by atoms with Gasteiger partial charge in [-0.15, -0.1) is 0 Å². The van der Waals surface area contributed by atoms with Gasteiger partial charge in [-0.3, -0.25) is 5.73 Å². The number of nitrogens with zero attached hydrogens (tertiary/aromatic N) is 2. The van der Waals surface area contributed by atoms with Gasteiger partial charge in [-0.1, -0.05) is 0 Å². The summed E-state index contributed by atoms with van der Waals surface area (Å²) in [5, 5.41) is 6.08. The maximum Gasteiger partial charge on any atom is 0.310 e. The molecule has 2 aromatic rings. The van der Waals surface area contributed by atoms with Gasteiger partial charge in [0.05, 0.1) is 11.9 Å². The Morgan fingerprint density at radius 2 is 2.09 bits per heavy atom. The molecule has 114 valence electrons. The van der Waals surface area contributed by atoms with Crippen LogP contribution in [0.25, 0.3) is 0 Å². The minimum Gasteiger partial charge on any atom is -0.454 e. The van der Waals surface area contributed by atoms with Crippen LogP contribution >= 0.6 is 22.6 Å². The summed E-state index contributed by atoms with van der Waals surface area (Å²) >= 11 is 2.22. The molecule has 0 saturated carbocycles. The van der Waals surface area contributed by atoms with E-state index >= 15 is 0 Å². The molecule has 1 aromatic carbocycles. The molecule has 4 rings (SSSR count). The van der Waals surface area contributed by atoms with Crippen LogP contribution in [0.3, 0.4) is 0 Å². The Morgan fingerprint density at radius 1 is 1.32 bits per heavy atom. The topological polar surface area (TPSA) is 94.3 Å². The van der Waals surface area contributed by atoms with E-state index in [0.717, 1.165) is 14.9 Å². The van der Waals surface area contributed by atoms with Gasteiger partial charge in [-0.2, -0.15) is 9.37 Å². The van der Waals surface area contributed by atoms with Crippen LogP contribution < -0.4 is 25.8 Å². The molecule has 9 heteroatoms. The fraction of sp³-hybridized carbons (Fsp3) is 0.231. The summed E-state index contributed by atoms with van der Waals surface area (Å²) in [6.45, 7) is 0.222. The Hall–Kier alpha value is -1.88. The molecule has 0 amide bonds. The average molecular weight is 415 g/mol. The monoisotopic (exact) mass is 415 g/mol. The second kappa shape index (κ2) is 4.81. The minimum absolute atomic E-state index is 0.222. The highest BCUT2D eigenvalue weighted by atomic mass is 127. The number of ether oxygens (including phenoxy) is 2. The lowest BCUT2D eigenvalue weighted by atomic mass is 10.1. The van der Waals surface area contributed by atoms with Crippen LogP contribution in [0.1, 0.15) is 5.56 Å². The molecule has 0 spiro atoms. The molecule has 22 heavy (non-hydrogen) atoms. The number of benzene rings is 1. The number of halogens is 2. The van der Waals surface area contributed by atoms with Gasteiger partial charge in [0.2, 0.25) is 6.79 Å². The number of nitrogens with two attached hydrogens (primary N) is 1. The van der Waals surface area contributed by atoms with E-state index in [1.807, 2.05) is 12.1 Å². The zero-order valence-electron chi connectivity index (χ0n) is 11.2. The Balaban J connectivity index is 1.62. The fourth-order valence-electron chi connectivity index (χ4n) is 2.51. The van der Waals surface area contributed by atoms with E-state index in [9.17, 15) is 4.39 Å². The van der Waals surface area contributed by atoms with Gasteiger partial charge in [0, 0.05) is 9.99 Å². The molecule has 1 atom stereocenters. The van der Waals surface area contributed by atoms with Crippen LogP contribution in [-0.4, -0.2) is 22.5 Å². The van der Waals surface area contributed by atoms with E-state index < -0.39 is 11.9 Å². The van der Waals surface area contributed by atoms with E-state index in [4.69, 9.17) is 15.2 Å². The van der Waals surface area contributed by atoms with Crippen molar-refractivity contribution in [3.05, 3.63) is 33.5 Å². The Kier molecular flexibility index (Phi) is 3.01. The average Bonchev–Trinajstić information content (AvgIpc) is 3.01. The lowest BCUT2D eigenvalue weighted by Gasteiger charge is -2.26. The van der Waals surface area contributed by atoms with E-state index in [0.29, 0.717) is 23.7 Å². The molecule has 2 aliphatic rings. The molecule has 0 aliphatic carbocycles. The highest BCUT2D eigenvalue weighted by Crippen LogP contribution is 2.37. The molecule has 4 N–H and O–H groups in total. The van der Waals surface area contributed by atoms with Crippen LogP contribution in [0.4, 0.5) is 15.9 Å². The van der Waals surface area contributed by atoms with Gasteiger partial charge in [-0.25, -0.2) is 4.98 Å².